The van der Waals surface area contributed by atoms with Crippen LogP contribution >= 0.6 is 0 Å². The fourth-order valence-electron chi connectivity index (χ4n) is 3.36. The third-order valence-electron chi connectivity index (χ3n) is 4.73. The number of nitrogens with zero attached hydrogens (tertiary/aromatic N) is 5. The molecule has 0 aromatic heterocycles. The molecule has 0 N–H and O–H groups in total. The van der Waals surface area contributed by atoms with Crippen LogP contribution in [0.1, 0.15) is 29.2 Å². The summed E-state index contributed by atoms with van der Waals surface area (Å²) in [5.74, 6) is 0. The van der Waals surface area contributed by atoms with Crippen LogP contribution in [-0.2, 0) is 0 Å². The Hall–Kier alpha value is -3.56. The van der Waals surface area contributed by atoms with Crippen LogP contribution in [0.5, 0.6) is 0 Å². The maximum atomic E-state index is 8.74. The fraction of sp³-hybridized carbons (Fsp3) is 0.136. The normalized spacial score (nSPS) is 16.0. The molecule has 1 aliphatic heterocycles. The van der Waals surface area contributed by atoms with Crippen LogP contribution in [0, 0.1) is 6.92 Å². The van der Waals surface area contributed by atoms with E-state index in [2.05, 4.69) is 64.4 Å². The van der Waals surface area contributed by atoms with Crippen LogP contribution in [-0.4, -0.2) is 5.71 Å². The van der Waals surface area contributed by atoms with Gasteiger partial charge in [-0.1, -0.05) is 71.3 Å². The Morgan fingerprint density at radius 3 is 2.52 bits per heavy atom. The first-order valence-electron chi connectivity index (χ1n) is 8.88. The molecule has 0 bridgehead atoms. The summed E-state index contributed by atoms with van der Waals surface area (Å²) in [6.07, 6.45) is 0.789. The molecule has 1 unspecified atom stereocenters. The highest BCUT2D eigenvalue weighted by molar-refractivity contribution is 6.03. The maximum absolute atomic E-state index is 8.74. The van der Waals surface area contributed by atoms with Crippen LogP contribution in [0.4, 0.5) is 11.4 Å². The number of aryl methyl sites for hydroxylation is 1. The second kappa shape index (κ2) is 7.36. The molecule has 27 heavy (non-hydrogen) atoms. The van der Waals surface area contributed by atoms with Crippen LogP contribution < -0.4 is 5.01 Å². The van der Waals surface area contributed by atoms with Crippen LogP contribution in [0.15, 0.2) is 89.1 Å². The number of hydrazone groups is 1. The molecule has 3 aromatic carbocycles. The molecule has 5 nitrogen and oxygen atoms in total. The topological polar surface area (TPSA) is 64.4 Å². The molecule has 0 amide bonds. The lowest BCUT2D eigenvalue weighted by Gasteiger charge is -2.24. The van der Waals surface area contributed by atoms with Crippen molar-refractivity contribution < 1.29 is 0 Å². The molecule has 1 heterocycles. The minimum absolute atomic E-state index is 0.0533. The Balaban J connectivity index is 1.75. The van der Waals surface area contributed by atoms with Gasteiger partial charge >= 0.3 is 0 Å². The van der Waals surface area contributed by atoms with Gasteiger partial charge in [0.2, 0.25) is 0 Å². The van der Waals surface area contributed by atoms with Gasteiger partial charge in [-0.05, 0) is 41.8 Å². The minimum atomic E-state index is 0.0533. The van der Waals surface area contributed by atoms with Crippen molar-refractivity contribution in [1.29, 1.82) is 0 Å². The Morgan fingerprint density at radius 1 is 1.00 bits per heavy atom. The lowest BCUT2D eigenvalue weighted by atomic mass is 9.97. The number of para-hydroxylation sites is 1. The minimum Gasteiger partial charge on any atom is -0.257 e. The fourth-order valence-corrected chi connectivity index (χ4v) is 3.36. The van der Waals surface area contributed by atoms with Crippen LogP contribution in [0.2, 0.25) is 0 Å². The molecule has 0 spiro atoms. The highest BCUT2D eigenvalue weighted by Crippen LogP contribution is 2.37. The van der Waals surface area contributed by atoms with Crippen LogP contribution in [0.25, 0.3) is 10.4 Å². The molecular formula is C22H19N5. The van der Waals surface area contributed by atoms with Crippen molar-refractivity contribution in [3.63, 3.8) is 0 Å². The quantitative estimate of drug-likeness (QED) is 0.309. The second-order valence-corrected chi connectivity index (χ2v) is 6.60. The first kappa shape index (κ1) is 16.9. The molecule has 0 saturated carbocycles. The van der Waals surface area contributed by atoms with Crippen molar-refractivity contribution in [2.75, 3.05) is 5.01 Å². The van der Waals surface area contributed by atoms with Gasteiger partial charge in [-0.25, -0.2) is 0 Å². The lowest BCUT2D eigenvalue weighted by molar-refractivity contribution is 0.709. The van der Waals surface area contributed by atoms with E-state index in [0.717, 1.165) is 28.9 Å². The molecule has 0 radical (unpaired) electrons. The van der Waals surface area contributed by atoms with Crippen molar-refractivity contribution in [3.05, 3.63) is 106 Å². The van der Waals surface area contributed by atoms with E-state index in [1.54, 1.807) is 0 Å². The highest BCUT2D eigenvalue weighted by Gasteiger charge is 2.29. The average Bonchev–Trinajstić information content (AvgIpc) is 3.15. The summed E-state index contributed by atoms with van der Waals surface area (Å²) in [4.78, 5) is 2.90. The molecular weight excluding hydrogens is 334 g/mol. The smallest absolute Gasteiger partial charge is 0.0831 e. The van der Waals surface area contributed by atoms with E-state index in [-0.39, 0.29) is 6.04 Å². The van der Waals surface area contributed by atoms with Gasteiger partial charge in [-0.3, -0.25) is 5.01 Å². The predicted octanol–water partition coefficient (Wildman–Crippen LogP) is 6.29. The van der Waals surface area contributed by atoms with Gasteiger partial charge in [-0.2, -0.15) is 5.10 Å². The van der Waals surface area contributed by atoms with Crippen molar-refractivity contribution in [3.8, 4) is 0 Å². The van der Waals surface area contributed by atoms with E-state index < -0.39 is 0 Å². The largest absolute Gasteiger partial charge is 0.257 e. The van der Waals surface area contributed by atoms with E-state index in [1.165, 1.54) is 5.56 Å². The zero-order valence-electron chi connectivity index (χ0n) is 15.0. The van der Waals surface area contributed by atoms with Gasteiger partial charge in [0.05, 0.1) is 17.4 Å². The van der Waals surface area contributed by atoms with E-state index >= 15 is 0 Å². The molecule has 4 rings (SSSR count). The maximum Gasteiger partial charge on any atom is 0.0831 e. The van der Waals surface area contributed by atoms with Gasteiger partial charge in [0.15, 0.2) is 0 Å². The Bertz CT molecular complexity index is 1020. The third-order valence-corrected chi connectivity index (χ3v) is 4.73. The third kappa shape index (κ3) is 3.54. The summed E-state index contributed by atoms with van der Waals surface area (Å²) in [7, 11) is 0. The van der Waals surface area contributed by atoms with Crippen molar-refractivity contribution >= 4 is 17.1 Å². The van der Waals surface area contributed by atoms with Crippen molar-refractivity contribution in [2.24, 2.45) is 10.2 Å². The number of anilines is 1. The first-order valence-corrected chi connectivity index (χ1v) is 8.88. The number of azide groups is 1. The first-order chi connectivity index (χ1) is 13.2. The van der Waals surface area contributed by atoms with Crippen molar-refractivity contribution in [1.82, 2.24) is 0 Å². The van der Waals surface area contributed by atoms with Crippen LogP contribution in [0.3, 0.4) is 0 Å². The lowest BCUT2D eigenvalue weighted by Crippen LogP contribution is -2.18. The molecule has 1 aliphatic rings. The summed E-state index contributed by atoms with van der Waals surface area (Å²) in [5, 5.41) is 10.7. The average molecular weight is 353 g/mol. The second-order valence-electron chi connectivity index (χ2n) is 6.60. The number of benzene rings is 3. The van der Waals surface area contributed by atoms with Gasteiger partial charge in [0.25, 0.3) is 0 Å². The summed E-state index contributed by atoms with van der Waals surface area (Å²) in [6, 6.07) is 26.4. The highest BCUT2D eigenvalue weighted by atomic mass is 15.5. The molecule has 0 aliphatic carbocycles. The molecule has 0 saturated heterocycles. The zero-order chi connectivity index (χ0) is 18.6. The summed E-state index contributed by atoms with van der Waals surface area (Å²) in [6.45, 7) is 2.08. The molecule has 132 valence electrons. The van der Waals surface area contributed by atoms with E-state index in [0.29, 0.717) is 5.69 Å². The van der Waals surface area contributed by atoms with E-state index in [4.69, 9.17) is 10.6 Å². The number of hydrogen-bond donors (Lipinski definition) is 0. The van der Waals surface area contributed by atoms with Gasteiger partial charge in [-0.15, -0.1) is 0 Å². The summed E-state index contributed by atoms with van der Waals surface area (Å²) >= 11 is 0. The van der Waals surface area contributed by atoms with E-state index in [1.807, 2.05) is 36.4 Å². The van der Waals surface area contributed by atoms with E-state index in [9.17, 15) is 0 Å². The Labute approximate surface area is 158 Å². The zero-order valence-corrected chi connectivity index (χ0v) is 15.0. The number of rotatable bonds is 4. The Morgan fingerprint density at radius 2 is 1.78 bits per heavy atom. The summed E-state index contributed by atoms with van der Waals surface area (Å²) < 4.78 is 0. The SMILES string of the molecule is Cc1ccc(C2=NN(c3ccccc3)C(c3cccc(N=[N+]=[N-])c3)C2)cc1. The van der Waals surface area contributed by atoms with Gasteiger partial charge in [0.1, 0.15) is 0 Å². The predicted molar refractivity (Wildman–Crippen MR) is 109 cm³/mol. The number of hydrogen-bond acceptors (Lipinski definition) is 3. The summed E-state index contributed by atoms with van der Waals surface area (Å²) in [5.41, 5.74) is 14.9. The molecule has 1 atom stereocenters. The van der Waals surface area contributed by atoms with Gasteiger partial charge in [0, 0.05) is 17.0 Å². The molecule has 3 aromatic rings. The Kier molecular flexibility index (Phi) is 4.60. The molecule has 0 fully saturated rings. The monoisotopic (exact) mass is 353 g/mol. The van der Waals surface area contributed by atoms with Crippen molar-refractivity contribution in [2.45, 2.75) is 19.4 Å². The standard InChI is InChI=1S/C22H19N5/c1-16-10-12-17(13-11-16)21-15-22(18-6-5-7-19(14-18)24-26-23)27(25-21)20-8-3-2-4-9-20/h2-14,22H,15H2,1H3. The van der Waals surface area contributed by atoms with Gasteiger partial charge < -0.3 is 0 Å². The molecule has 5 heteroatoms.